The first-order valence-electron chi connectivity index (χ1n) is 15.7. The van der Waals surface area contributed by atoms with Gasteiger partial charge in [-0.1, -0.05) is 24.3 Å². The fourth-order valence-electron chi connectivity index (χ4n) is 6.87. The maximum atomic E-state index is 13.6. The number of nitrogens with one attached hydrogen (secondary N) is 1. The first kappa shape index (κ1) is 36.1. The molecule has 0 bridgehead atoms. The molecule has 2 aliphatic carbocycles. The summed E-state index contributed by atoms with van der Waals surface area (Å²) in [6, 6.07) is 9.73. The number of phenolic OH excluding ortho intramolecular Hbond substituents is 2. The summed E-state index contributed by atoms with van der Waals surface area (Å²) in [5.74, 6) is -4.33. The maximum absolute atomic E-state index is 13.6. The number of aliphatic hydroxyl groups is 3. The molecule has 17 heteroatoms. The van der Waals surface area contributed by atoms with E-state index in [1.807, 2.05) is 4.72 Å². The minimum absolute atomic E-state index is 0.0173. The van der Waals surface area contributed by atoms with Gasteiger partial charge >= 0.3 is 0 Å². The van der Waals surface area contributed by atoms with Crippen molar-refractivity contribution in [3.8, 4) is 17.2 Å². The lowest BCUT2D eigenvalue weighted by molar-refractivity contribution is -0.247. The van der Waals surface area contributed by atoms with Gasteiger partial charge in [-0.15, -0.1) is 0 Å². The molecule has 16 nitrogen and oxygen atoms in total. The van der Waals surface area contributed by atoms with Gasteiger partial charge in [0.1, 0.15) is 34.4 Å². The Morgan fingerprint density at radius 2 is 1.69 bits per heavy atom. The topological polar surface area (TPSA) is 269 Å². The minimum atomic E-state index is -3.55. The molecule has 2 aliphatic heterocycles. The Labute approximate surface area is 290 Å². The fourth-order valence-corrected chi connectivity index (χ4v) is 8.04. The summed E-state index contributed by atoms with van der Waals surface area (Å²) >= 11 is 0. The molecule has 7 rings (SSSR count). The monoisotopic (exact) mass is 726 g/mol. The van der Waals surface area contributed by atoms with Gasteiger partial charge in [-0.2, -0.15) is 0 Å². The predicted octanol–water partition coefficient (Wildman–Crippen LogP) is 0.120. The van der Waals surface area contributed by atoms with Crippen molar-refractivity contribution in [2.24, 2.45) is 5.73 Å². The van der Waals surface area contributed by atoms with E-state index in [1.165, 1.54) is 37.4 Å². The SMILES string of the molecule is COc1cccc2c1C(=O)c1c(O)c3c(c(O)c1C2=O)C[C@@](O)(C(=O)CO)C[C@@H]3OC1CC(N)C(O)C(C)O1.O=C1NS(=O)(=O)c2ccccc21. The molecular weight excluding hydrogens is 692 g/mol. The number of Topliss-reactive ketones (excluding diaryl/α,β-unsaturated/α-hetero) is 1. The molecule has 0 spiro atoms. The van der Waals surface area contributed by atoms with E-state index in [-0.39, 0.29) is 44.9 Å². The van der Waals surface area contributed by atoms with E-state index >= 15 is 0 Å². The first-order valence-corrected chi connectivity index (χ1v) is 17.2. The van der Waals surface area contributed by atoms with Crippen LogP contribution in [0.15, 0.2) is 47.4 Å². The van der Waals surface area contributed by atoms with Crippen molar-refractivity contribution in [2.45, 2.75) is 67.3 Å². The van der Waals surface area contributed by atoms with Crippen molar-refractivity contribution >= 4 is 33.3 Å². The Morgan fingerprint density at radius 3 is 2.33 bits per heavy atom. The Balaban J connectivity index is 0.000000313. The quantitative estimate of drug-likeness (QED) is 0.135. The van der Waals surface area contributed by atoms with Crippen LogP contribution in [0.2, 0.25) is 0 Å². The van der Waals surface area contributed by atoms with Crippen LogP contribution >= 0.6 is 0 Å². The van der Waals surface area contributed by atoms with E-state index in [9.17, 15) is 53.1 Å². The predicted molar refractivity (Wildman–Crippen MR) is 173 cm³/mol. The van der Waals surface area contributed by atoms with Crippen molar-refractivity contribution in [3.05, 3.63) is 81.4 Å². The van der Waals surface area contributed by atoms with Crippen molar-refractivity contribution in [1.29, 1.82) is 0 Å². The number of aliphatic hydroxyl groups excluding tert-OH is 2. The number of sulfonamides is 1. The number of ketones is 3. The molecule has 2 heterocycles. The Hall–Kier alpha value is -4.75. The van der Waals surface area contributed by atoms with Crippen molar-refractivity contribution < 1.29 is 67.3 Å². The maximum Gasteiger partial charge on any atom is 0.266 e. The lowest BCUT2D eigenvalue weighted by Crippen LogP contribution is -2.53. The van der Waals surface area contributed by atoms with Crippen LogP contribution in [-0.2, 0) is 30.7 Å². The van der Waals surface area contributed by atoms with Crippen LogP contribution < -0.4 is 15.2 Å². The zero-order chi connectivity index (χ0) is 37.2. The van der Waals surface area contributed by atoms with Gasteiger partial charge in [0.05, 0.1) is 47.7 Å². The number of methoxy groups -OCH3 is 1. The van der Waals surface area contributed by atoms with Crippen LogP contribution in [-0.4, -0.2) is 101 Å². The van der Waals surface area contributed by atoms with Gasteiger partial charge in [0.25, 0.3) is 15.9 Å². The molecule has 1 amide bonds. The first-order chi connectivity index (χ1) is 24.0. The molecular formula is C34H34N2O14S. The number of nitrogens with two attached hydrogens (primary N) is 1. The van der Waals surface area contributed by atoms with E-state index in [1.54, 1.807) is 19.1 Å². The number of hydrogen-bond donors (Lipinski definition) is 7. The largest absolute Gasteiger partial charge is 0.507 e. The zero-order valence-electron chi connectivity index (χ0n) is 27.2. The lowest BCUT2D eigenvalue weighted by Gasteiger charge is -2.42. The average molecular weight is 727 g/mol. The number of benzene rings is 3. The summed E-state index contributed by atoms with van der Waals surface area (Å²) in [5, 5.41) is 53.7. The standard InChI is InChI=1S/C27H29NO11.C7H5NO3S/c1-10-22(31)13(28)6-17(38-10)39-15-8-27(36,16(30)9-29)7-12-19(15)26(35)21-20(24(12)33)23(32)11-4-3-5-14(37-2)18(11)25(21)34;9-7-5-3-1-2-4-6(5)12(10,11)8-7/h3-5,10,13,15,17,22,29,31,33,35-36H,6-9,28H2,1-2H3;1-4H,(H,8,9)/t10?,13?,15-,17?,22?,27-;/m0./s1. The second kappa shape index (κ2) is 13.1. The fraction of sp³-hybridized carbons (Fsp3) is 0.353. The molecule has 6 atom stereocenters. The molecule has 3 aromatic rings. The summed E-state index contributed by atoms with van der Waals surface area (Å²) < 4.78 is 41.1. The van der Waals surface area contributed by atoms with Gasteiger partial charge in [0.2, 0.25) is 5.78 Å². The van der Waals surface area contributed by atoms with Crippen LogP contribution in [0.25, 0.3) is 0 Å². The Kier molecular flexibility index (Phi) is 9.26. The van der Waals surface area contributed by atoms with Crippen LogP contribution in [0.4, 0.5) is 0 Å². The third-order valence-corrected chi connectivity index (χ3v) is 10.8. The number of aromatic hydroxyl groups is 2. The highest BCUT2D eigenvalue weighted by Gasteiger charge is 2.50. The highest BCUT2D eigenvalue weighted by molar-refractivity contribution is 7.90. The Bertz CT molecular complexity index is 2090. The summed E-state index contributed by atoms with van der Waals surface area (Å²) in [6.07, 6.45) is -5.12. The van der Waals surface area contributed by atoms with Crippen molar-refractivity contribution in [1.82, 2.24) is 4.72 Å². The summed E-state index contributed by atoms with van der Waals surface area (Å²) in [4.78, 5) is 50.8. The number of ether oxygens (including phenoxy) is 3. The lowest BCUT2D eigenvalue weighted by atomic mass is 9.72. The van der Waals surface area contributed by atoms with Gasteiger partial charge in [-0.3, -0.25) is 19.2 Å². The molecule has 4 unspecified atom stereocenters. The number of carbonyl (C=O) groups excluding carboxylic acids is 4. The molecule has 51 heavy (non-hydrogen) atoms. The molecule has 0 radical (unpaired) electrons. The molecule has 270 valence electrons. The smallest absolute Gasteiger partial charge is 0.266 e. The van der Waals surface area contributed by atoms with Gasteiger partial charge in [-0.25, -0.2) is 13.1 Å². The second-order valence-corrected chi connectivity index (χ2v) is 14.2. The summed E-state index contributed by atoms with van der Waals surface area (Å²) in [5.41, 5.74) is 2.59. The van der Waals surface area contributed by atoms with Gasteiger partial charge in [0.15, 0.2) is 17.9 Å². The molecule has 1 fully saturated rings. The number of fused-ring (bicyclic) bond motifs is 4. The van der Waals surface area contributed by atoms with Gasteiger partial charge in [-0.05, 0) is 25.1 Å². The molecule has 0 aromatic heterocycles. The molecule has 8 N–H and O–H groups in total. The van der Waals surface area contributed by atoms with Crippen LogP contribution in [0.1, 0.15) is 79.2 Å². The third kappa shape index (κ3) is 5.95. The van der Waals surface area contributed by atoms with E-state index in [0.717, 1.165) is 0 Å². The number of hydrogen-bond acceptors (Lipinski definition) is 15. The highest BCUT2D eigenvalue weighted by atomic mass is 32.2. The zero-order valence-corrected chi connectivity index (χ0v) is 28.0. The molecule has 1 saturated heterocycles. The average Bonchev–Trinajstić information content (AvgIpc) is 3.34. The van der Waals surface area contributed by atoms with Crippen LogP contribution in [0, 0.1) is 0 Å². The normalized spacial score (nSPS) is 27.2. The van der Waals surface area contributed by atoms with E-state index < -0.39 is 112 Å². The number of phenols is 2. The second-order valence-electron chi connectivity index (χ2n) is 12.6. The summed E-state index contributed by atoms with van der Waals surface area (Å²) in [6.45, 7) is 0.560. The molecule has 0 saturated carbocycles. The van der Waals surface area contributed by atoms with Crippen LogP contribution in [0.3, 0.4) is 0 Å². The number of amides is 1. The van der Waals surface area contributed by atoms with E-state index in [0.29, 0.717) is 0 Å². The van der Waals surface area contributed by atoms with Crippen molar-refractivity contribution in [3.63, 3.8) is 0 Å². The van der Waals surface area contributed by atoms with E-state index in [2.05, 4.69) is 0 Å². The molecule has 3 aromatic carbocycles. The number of carbonyl (C=O) groups is 4. The minimum Gasteiger partial charge on any atom is -0.507 e. The Morgan fingerprint density at radius 1 is 1.02 bits per heavy atom. The van der Waals surface area contributed by atoms with E-state index in [4.69, 9.17) is 19.9 Å². The highest BCUT2D eigenvalue weighted by Crippen LogP contribution is 2.52. The third-order valence-electron chi connectivity index (χ3n) is 9.45. The van der Waals surface area contributed by atoms with Gasteiger partial charge in [0, 0.05) is 42.0 Å². The molecule has 4 aliphatic rings. The number of rotatable bonds is 5. The van der Waals surface area contributed by atoms with Gasteiger partial charge < -0.3 is 45.5 Å². The van der Waals surface area contributed by atoms with Crippen LogP contribution in [0.5, 0.6) is 17.2 Å². The summed E-state index contributed by atoms with van der Waals surface area (Å²) in [7, 11) is -2.23. The van der Waals surface area contributed by atoms with Crippen molar-refractivity contribution in [2.75, 3.05) is 13.7 Å².